The number of nitrogen functional groups attached to an aromatic ring is 1. The number of hydrogen-bond acceptors (Lipinski definition) is 3. The molecule has 2 fully saturated rings. The molecule has 1 saturated heterocycles. The second-order valence-corrected chi connectivity index (χ2v) is 5.96. The quantitative estimate of drug-likeness (QED) is 0.829. The molecule has 1 aliphatic carbocycles. The van der Waals surface area contributed by atoms with Crippen molar-refractivity contribution in [1.29, 1.82) is 0 Å². The van der Waals surface area contributed by atoms with Gasteiger partial charge in [0.25, 0.3) is 0 Å². The Balaban J connectivity index is 1.73. The molecule has 2 N–H and O–H groups in total. The van der Waals surface area contributed by atoms with E-state index in [4.69, 9.17) is 15.2 Å². The second kappa shape index (κ2) is 5.04. The lowest BCUT2D eigenvalue weighted by Gasteiger charge is -2.38. The third-order valence-corrected chi connectivity index (χ3v) is 4.49. The predicted octanol–water partition coefficient (Wildman–Crippen LogP) is 3.45. The summed E-state index contributed by atoms with van der Waals surface area (Å²) in [5, 5.41) is 0. The summed E-state index contributed by atoms with van der Waals surface area (Å²) in [6, 6.07) is 5.93. The Morgan fingerprint density at radius 3 is 2.84 bits per heavy atom. The van der Waals surface area contributed by atoms with Crippen LogP contribution in [-0.2, 0) is 4.74 Å². The van der Waals surface area contributed by atoms with Crippen molar-refractivity contribution in [3.63, 3.8) is 0 Å². The van der Waals surface area contributed by atoms with E-state index in [0.717, 1.165) is 36.4 Å². The topological polar surface area (TPSA) is 44.5 Å². The van der Waals surface area contributed by atoms with Crippen molar-refractivity contribution in [2.75, 3.05) is 12.3 Å². The molecule has 19 heavy (non-hydrogen) atoms. The Hall–Kier alpha value is -1.22. The number of aryl methyl sites for hydroxylation is 1. The first kappa shape index (κ1) is 12.8. The molecule has 3 nitrogen and oxygen atoms in total. The van der Waals surface area contributed by atoms with Crippen molar-refractivity contribution >= 4 is 5.69 Å². The molecule has 1 spiro atoms. The third-order valence-electron chi connectivity index (χ3n) is 4.49. The lowest BCUT2D eigenvalue weighted by molar-refractivity contribution is -0.108. The van der Waals surface area contributed by atoms with Crippen molar-refractivity contribution < 1.29 is 9.47 Å². The fourth-order valence-electron chi connectivity index (χ4n) is 3.45. The smallest absolute Gasteiger partial charge is 0.145 e. The van der Waals surface area contributed by atoms with E-state index >= 15 is 0 Å². The molecule has 104 valence electrons. The first-order valence-electron chi connectivity index (χ1n) is 7.34. The van der Waals surface area contributed by atoms with Gasteiger partial charge in [-0.3, -0.25) is 0 Å². The van der Waals surface area contributed by atoms with E-state index in [0.29, 0.717) is 0 Å². The van der Waals surface area contributed by atoms with E-state index in [9.17, 15) is 0 Å². The zero-order valence-corrected chi connectivity index (χ0v) is 11.7. The molecule has 3 rings (SSSR count). The summed E-state index contributed by atoms with van der Waals surface area (Å²) in [5.74, 6) is 0.863. The summed E-state index contributed by atoms with van der Waals surface area (Å²) in [5.41, 5.74) is 7.98. The van der Waals surface area contributed by atoms with Gasteiger partial charge in [0.1, 0.15) is 11.9 Å². The van der Waals surface area contributed by atoms with Crippen LogP contribution in [0.25, 0.3) is 0 Å². The van der Waals surface area contributed by atoms with Gasteiger partial charge in [0, 0.05) is 12.8 Å². The van der Waals surface area contributed by atoms with E-state index in [2.05, 4.69) is 13.0 Å². The molecule has 1 unspecified atom stereocenters. The average molecular weight is 261 g/mol. The van der Waals surface area contributed by atoms with Gasteiger partial charge in [-0.15, -0.1) is 0 Å². The van der Waals surface area contributed by atoms with Crippen LogP contribution in [0.3, 0.4) is 0 Å². The number of benzene rings is 1. The Bertz CT molecular complexity index is 432. The predicted molar refractivity (Wildman–Crippen MR) is 76.4 cm³/mol. The molecule has 0 amide bonds. The number of hydrogen-bond donors (Lipinski definition) is 1. The molecular weight excluding hydrogens is 238 g/mol. The molecular formula is C16H23NO2. The number of rotatable bonds is 2. The van der Waals surface area contributed by atoms with Crippen LogP contribution in [0.5, 0.6) is 5.75 Å². The summed E-state index contributed by atoms with van der Waals surface area (Å²) in [6.45, 7) is 2.87. The lowest BCUT2D eigenvalue weighted by Crippen LogP contribution is -2.41. The molecule has 0 radical (unpaired) electrons. The number of nitrogens with two attached hydrogens (primary N) is 1. The molecule has 1 aromatic carbocycles. The highest BCUT2D eigenvalue weighted by atomic mass is 16.5. The summed E-state index contributed by atoms with van der Waals surface area (Å²) in [7, 11) is 0. The van der Waals surface area contributed by atoms with Gasteiger partial charge in [-0.05, 0) is 31.4 Å². The van der Waals surface area contributed by atoms with E-state index in [1.165, 1.54) is 25.7 Å². The Kier molecular flexibility index (Phi) is 3.40. The van der Waals surface area contributed by atoms with E-state index in [1.54, 1.807) is 0 Å². The summed E-state index contributed by atoms with van der Waals surface area (Å²) in [4.78, 5) is 0. The van der Waals surface area contributed by atoms with Crippen molar-refractivity contribution in [1.82, 2.24) is 0 Å². The highest BCUT2D eigenvalue weighted by molar-refractivity contribution is 5.56. The molecule has 1 aromatic rings. The van der Waals surface area contributed by atoms with Gasteiger partial charge in [0.15, 0.2) is 0 Å². The fourth-order valence-corrected chi connectivity index (χ4v) is 3.45. The minimum atomic E-state index is 0.0976. The maximum atomic E-state index is 6.20. The van der Waals surface area contributed by atoms with Gasteiger partial charge < -0.3 is 15.2 Å². The van der Waals surface area contributed by atoms with Crippen molar-refractivity contribution in [2.45, 2.75) is 57.2 Å². The average Bonchev–Trinajstić information content (AvgIpc) is 2.82. The molecule has 3 heteroatoms. The van der Waals surface area contributed by atoms with Gasteiger partial charge in [-0.2, -0.15) is 0 Å². The molecule has 0 bridgehead atoms. The SMILES string of the molecule is Cc1cccc(N)c1OC1CCOC2(CCCC2)C1. The van der Waals surface area contributed by atoms with E-state index in [1.807, 2.05) is 12.1 Å². The number of anilines is 1. The van der Waals surface area contributed by atoms with E-state index in [-0.39, 0.29) is 11.7 Å². The molecule has 1 saturated carbocycles. The van der Waals surface area contributed by atoms with Crippen LogP contribution >= 0.6 is 0 Å². The fraction of sp³-hybridized carbons (Fsp3) is 0.625. The van der Waals surface area contributed by atoms with Crippen molar-refractivity contribution in [2.24, 2.45) is 0 Å². The van der Waals surface area contributed by atoms with Gasteiger partial charge in [0.2, 0.25) is 0 Å². The summed E-state index contributed by atoms with van der Waals surface area (Å²) >= 11 is 0. The van der Waals surface area contributed by atoms with Crippen LogP contribution in [0, 0.1) is 6.92 Å². The molecule has 0 aromatic heterocycles. The minimum Gasteiger partial charge on any atom is -0.488 e. The van der Waals surface area contributed by atoms with Crippen LogP contribution in [0.2, 0.25) is 0 Å². The minimum absolute atomic E-state index is 0.0976. The zero-order chi connectivity index (χ0) is 13.3. The van der Waals surface area contributed by atoms with Gasteiger partial charge in [-0.1, -0.05) is 25.0 Å². The first-order chi connectivity index (χ1) is 9.19. The van der Waals surface area contributed by atoms with Crippen LogP contribution in [0.4, 0.5) is 5.69 Å². The second-order valence-electron chi connectivity index (χ2n) is 5.96. The third kappa shape index (κ3) is 2.57. The molecule has 1 aliphatic heterocycles. The van der Waals surface area contributed by atoms with Crippen LogP contribution < -0.4 is 10.5 Å². The standard InChI is InChI=1S/C16H23NO2/c1-12-5-4-6-14(17)15(12)19-13-7-10-18-16(11-13)8-2-3-9-16/h4-6,13H,2-3,7-11,17H2,1H3. The Labute approximate surface area is 115 Å². The molecule has 2 aliphatic rings. The number of ether oxygens (including phenoxy) is 2. The van der Waals surface area contributed by atoms with Crippen molar-refractivity contribution in [3.05, 3.63) is 23.8 Å². The van der Waals surface area contributed by atoms with Gasteiger partial charge in [0.05, 0.1) is 17.9 Å². The lowest BCUT2D eigenvalue weighted by atomic mass is 9.90. The largest absolute Gasteiger partial charge is 0.488 e. The Morgan fingerprint density at radius 2 is 2.11 bits per heavy atom. The maximum Gasteiger partial charge on any atom is 0.145 e. The van der Waals surface area contributed by atoms with Gasteiger partial charge in [-0.25, -0.2) is 0 Å². The van der Waals surface area contributed by atoms with Crippen LogP contribution in [0.1, 0.15) is 44.1 Å². The highest BCUT2D eigenvalue weighted by Crippen LogP contribution is 2.41. The monoisotopic (exact) mass is 261 g/mol. The normalized spacial score (nSPS) is 25.6. The molecule has 1 atom stereocenters. The summed E-state index contributed by atoms with van der Waals surface area (Å²) < 4.78 is 12.2. The highest BCUT2D eigenvalue weighted by Gasteiger charge is 2.40. The first-order valence-corrected chi connectivity index (χ1v) is 7.34. The van der Waals surface area contributed by atoms with Crippen LogP contribution in [0.15, 0.2) is 18.2 Å². The Morgan fingerprint density at radius 1 is 1.32 bits per heavy atom. The number of para-hydroxylation sites is 1. The van der Waals surface area contributed by atoms with Crippen LogP contribution in [-0.4, -0.2) is 18.3 Å². The maximum absolute atomic E-state index is 6.20. The van der Waals surface area contributed by atoms with E-state index < -0.39 is 0 Å². The van der Waals surface area contributed by atoms with Gasteiger partial charge >= 0.3 is 0 Å². The zero-order valence-electron chi connectivity index (χ0n) is 11.7. The molecule has 1 heterocycles. The van der Waals surface area contributed by atoms with Crippen molar-refractivity contribution in [3.8, 4) is 5.75 Å². The summed E-state index contributed by atoms with van der Waals surface area (Å²) in [6.07, 6.45) is 7.19.